The maximum Gasteiger partial charge on any atom is 0.305 e. The molecule has 0 aliphatic heterocycles. The van der Waals surface area contributed by atoms with E-state index in [-0.39, 0.29) is 6.42 Å². The van der Waals surface area contributed by atoms with Gasteiger partial charge in [0.2, 0.25) is 0 Å². The lowest BCUT2D eigenvalue weighted by Gasteiger charge is -1.94. The van der Waals surface area contributed by atoms with Crippen molar-refractivity contribution in [2.75, 3.05) is 0 Å². The molecule has 0 bridgehead atoms. The standard InChI is InChI=1S/C5H7NO2/c1-2-4(6)3-5(7)8/h1,4H,3,6H2,(H,7,8)/t4-/m0/s1. The number of hydrogen-bond donors (Lipinski definition) is 2. The highest BCUT2D eigenvalue weighted by molar-refractivity contribution is 5.68. The third-order valence-corrected chi connectivity index (χ3v) is 0.609. The SMILES string of the molecule is C#C[C@H](N)CC(=O)O. The van der Waals surface area contributed by atoms with Crippen molar-refractivity contribution in [3.63, 3.8) is 0 Å². The van der Waals surface area contributed by atoms with Crippen LogP contribution in [0.3, 0.4) is 0 Å². The Balaban J connectivity index is 3.43. The Labute approximate surface area is 47.5 Å². The summed E-state index contributed by atoms with van der Waals surface area (Å²) in [6.45, 7) is 0. The first-order valence-electron chi connectivity index (χ1n) is 2.10. The van der Waals surface area contributed by atoms with E-state index >= 15 is 0 Å². The van der Waals surface area contributed by atoms with Crippen LogP contribution in [-0.2, 0) is 4.79 Å². The highest BCUT2D eigenvalue weighted by atomic mass is 16.4. The molecule has 0 unspecified atom stereocenters. The Morgan fingerprint density at radius 3 is 2.62 bits per heavy atom. The molecule has 0 rings (SSSR count). The Kier molecular flexibility index (Phi) is 2.67. The molecule has 8 heavy (non-hydrogen) atoms. The van der Waals surface area contributed by atoms with E-state index in [1.165, 1.54) is 0 Å². The number of rotatable bonds is 2. The number of carboxylic acid groups (broad SMARTS) is 1. The first kappa shape index (κ1) is 6.99. The van der Waals surface area contributed by atoms with E-state index in [2.05, 4.69) is 5.92 Å². The molecule has 0 saturated carbocycles. The van der Waals surface area contributed by atoms with Crippen molar-refractivity contribution in [1.82, 2.24) is 0 Å². The van der Waals surface area contributed by atoms with Crippen LogP contribution in [0, 0.1) is 12.3 Å². The van der Waals surface area contributed by atoms with Gasteiger partial charge >= 0.3 is 5.97 Å². The van der Waals surface area contributed by atoms with Crippen molar-refractivity contribution < 1.29 is 9.90 Å². The van der Waals surface area contributed by atoms with Crippen LogP contribution in [-0.4, -0.2) is 17.1 Å². The lowest BCUT2D eigenvalue weighted by atomic mass is 10.2. The Morgan fingerprint density at radius 1 is 2.00 bits per heavy atom. The second kappa shape index (κ2) is 3.05. The van der Waals surface area contributed by atoms with Gasteiger partial charge in [0.25, 0.3) is 0 Å². The van der Waals surface area contributed by atoms with Crippen LogP contribution in [0.2, 0.25) is 0 Å². The van der Waals surface area contributed by atoms with E-state index in [0.717, 1.165) is 0 Å². The molecular weight excluding hydrogens is 106 g/mol. The summed E-state index contributed by atoms with van der Waals surface area (Å²) in [7, 11) is 0. The maximum absolute atomic E-state index is 9.79. The van der Waals surface area contributed by atoms with Gasteiger partial charge in [0.1, 0.15) is 0 Å². The highest BCUT2D eigenvalue weighted by Crippen LogP contribution is 1.82. The van der Waals surface area contributed by atoms with Gasteiger partial charge in [-0.1, -0.05) is 5.92 Å². The van der Waals surface area contributed by atoms with Gasteiger partial charge in [-0.2, -0.15) is 0 Å². The fraction of sp³-hybridized carbons (Fsp3) is 0.400. The first-order valence-corrected chi connectivity index (χ1v) is 2.10. The van der Waals surface area contributed by atoms with Crippen molar-refractivity contribution >= 4 is 5.97 Å². The van der Waals surface area contributed by atoms with E-state index in [0.29, 0.717) is 0 Å². The smallest absolute Gasteiger partial charge is 0.305 e. The maximum atomic E-state index is 9.79. The summed E-state index contributed by atoms with van der Waals surface area (Å²) in [4.78, 5) is 9.79. The number of terminal acetylenes is 1. The van der Waals surface area contributed by atoms with E-state index in [1.54, 1.807) is 0 Å². The zero-order valence-corrected chi connectivity index (χ0v) is 4.29. The number of hydrogen-bond acceptors (Lipinski definition) is 2. The van der Waals surface area contributed by atoms with Crippen molar-refractivity contribution in [1.29, 1.82) is 0 Å². The molecule has 0 aromatic carbocycles. The molecule has 0 fully saturated rings. The Bertz CT molecular complexity index is 125. The molecule has 1 atom stereocenters. The van der Waals surface area contributed by atoms with Crippen LogP contribution in [0.15, 0.2) is 0 Å². The number of carboxylic acids is 1. The summed E-state index contributed by atoms with van der Waals surface area (Å²) >= 11 is 0. The lowest BCUT2D eigenvalue weighted by Crippen LogP contribution is -2.20. The minimum absolute atomic E-state index is 0.156. The Hall–Kier alpha value is -1.01. The van der Waals surface area contributed by atoms with Gasteiger partial charge in [0.05, 0.1) is 12.5 Å². The molecule has 0 amide bonds. The molecule has 3 heteroatoms. The molecule has 3 nitrogen and oxygen atoms in total. The first-order chi connectivity index (χ1) is 3.66. The van der Waals surface area contributed by atoms with Crippen LogP contribution in [0.4, 0.5) is 0 Å². The summed E-state index contributed by atoms with van der Waals surface area (Å²) < 4.78 is 0. The van der Waals surface area contributed by atoms with E-state index in [1.807, 2.05) is 0 Å². The summed E-state index contributed by atoms with van der Waals surface area (Å²) in [6, 6.07) is -0.646. The van der Waals surface area contributed by atoms with Gasteiger partial charge in [0.15, 0.2) is 0 Å². The van der Waals surface area contributed by atoms with E-state index < -0.39 is 12.0 Å². The number of carbonyl (C=O) groups is 1. The van der Waals surface area contributed by atoms with Gasteiger partial charge < -0.3 is 10.8 Å². The zero-order valence-electron chi connectivity index (χ0n) is 4.29. The van der Waals surface area contributed by atoms with Crippen molar-refractivity contribution in [3.8, 4) is 12.3 Å². The molecule has 3 N–H and O–H groups in total. The Morgan fingerprint density at radius 2 is 2.50 bits per heavy atom. The third-order valence-electron chi connectivity index (χ3n) is 0.609. The van der Waals surface area contributed by atoms with Gasteiger partial charge in [0, 0.05) is 0 Å². The van der Waals surface area contributed by atoms with Crippen LogP contribution in [0.5, 0.6) is 0 Å². The monoisotopic (exact) mass is 113 g/mol. The van der Waals surface area contributed by atoms with Gasteiger partial charge in [-0.25, -0.2) is 0 Å². The second-order valence-corrected chi connectivity index (χ2v) is 1.37. The summed E-state index contributed by atoms with van der Waals surface area (Å²) in [5, 5.41) is 8.04. The molecule has 0 aromatic rings. The molecule has 0 aromatic heterocycles. The fourth-order valence-electron chi connectivity index (χ4n) is 0.247. The normalized spacial score (nSPS) is 12.0. The van der Waals surface area contributed by atoms with Gasteiger partial charge in [-0.3, -0.25) is 4.79 Å². The molecule has 0 radical (unpaired) electrons. The molecule has 0 aliphatic rings. The number of nitrogens with two attached hydrogens (primary N) is 1. The van der Waals surface area contributed by atoms with Crippen molar-refractivity contribution in [2.24, 2.45) is 5.73 Å². The summed E-state index contributed by atoms with van der Waals surface area (Å²) in [5.74, 6) is 1.13. The minimum Gasteiger partial charge on any atom is -0.481 e. The molecule has 0 saturated heterocycles. The fourth-order valence-corrected chi connectivity index (χ4v) is 0.247. The van der Waals surface area contributed by atoms with Crippen molar-refractivity contribution in [2.45, 2.75) is 12.5 Å². The molecule has 44 valence electrons. The molecule has 0 heterocycles. The third kappa shape index (κ3) is 3.19. The second-order valence-electron chi connectivity index (χ2n) is 1.37. The van der Waals surface area contributed by atoms with Crippen molar-refractivity contribution in [3.05, 3.63) is 0 Å². The van der Waals surface area contributed by atoms with E-state index in [9.17, 15) is 4.79 Å². The van der Waals surface area contributed by atoms with Crippen LogP contribution in [0.25, 0.3) is 0 Å². The predicted molar refractivity (Wildman–Crippen MR) is 29.1 cm³/mol. The molecular formula is C5H7NO2. The van der Waals surface area contributed by atoms with Crippen LogP contribution >= 0.6 is 0 Å². The van der Waals surface area contributed by atoms with E-state index in [4.69, 9.17) is 17.3 Å². The lowest BCUT2D eigenvalue weighted by molar-refractivity contribution is -0.137. The minimum atomic E-state index is -0.963. The quantitative estimate of drug-likeness (QED) is 0.471. The number of aliphatic carboxylic acids is 1. The van der Waals surface area contributed by atoms with Gasteiger partial charge in [-0.15, -0.1) is 6.42 Å². The largest absolute Gasteiger partial charge is 0.481 e. The summed E-state index contributed by atoms with van der Waals surface area (Å²) in [6.07, 6.45) is 4.63. The predicted octanol–water partition coefficient (Wildman–Crippen LogP) is -0.578. The summed E-state index contributed by atoms with van der Waals surface area (Å²) in [5.41, 5.74) is 5.06. The zero-order chi connectivity index (χ0) is 6.57. The van der Waals surface area contributed by atoms with Crippen LogP contribution in [0.1, 0.15) is 6.42 Å². The highest BCUT2D eigenvalue weighted by Gasteiger charge is 2.01. The van der Waals surface area contributed by atoms with Gasteiger partial charge in [-0.05, 0) is 0 Å². The average molecular weight is 113 g/mol. The van der Waals surface area contributed by atoms with Crippen LogP contribution < -0.4 is 5.73 Å². The molecule has 0 aliphatic carbocycles. The average Bonchev–Trinajstić information content (AvgIpc) is 1.65. The topological polar surface area (TPSA) is 63.3 Å². The molecule has 0 spiro atoms.